The molecule has 4 rings (SSSR count). The van der Waals surface area contributed by atoms with E-state index in [0.29, 0.717) is 0 Å². The molecule has 0 saturated heterocycles. The Morgan fingerprint density at radius 3 is 2.40 bits per heavy atom. The number of benzene rings is 2. The number of rotatable bonds is 1. The third kappa shape index (κ3) is 3.65. The Hall–Kier alpha value is -1.28. The SMILES string of the molecule is Clc1ccc2nc3c(c(-c4ccccc4Cl)c2c1)CCCCCC3.[Cl-]. The van der Waals surface area contributed by atoms with E-state index in [1.165, 1.54) is 42.5 Å². The maximum atomic E-state index is 6.56. The van der Waals surface area contributed by atoms with Crippen molar-refractivity contribution in [2.24, 2.45) is 0 Å². The molecule has 0 unspecified atom stereocenters. The van der Waals surface area contributed by atoms with E-state index in [1.807, 2.05) is 36.4 Å². The van der Waals surface area contributed by atoms with Gasteiger partial charge in [0.25, 0.3) is 0 Å². The predicted octanol–water partition coefficient (Wildman–Crippen LogP) is 3.87. The van der Waals surface area contributed by atoms with Gasteiger partial charge in [-0.3, -0.25) is 4.98 Å². The van der Waals surface area contributed by atoms with Crippen LogP contribution in [0.1, 0.15) is 36.9 Å². The van der Waals surface area contributed by atoms with E-state index in [1.54, 1.807) is 0 Å². The summed E-state index contributed by atoms with van der Waals surface area (Å²) in [5.74, 6) is 0. The Kier molecular flexibility index (Phi) is 5.89. The van der Waals surface area contributed by atoms with E-state index >= 15 is 0 Å². The number of hydrogen-bond donors (Lipinski definition) is 0. The number of halogens is 3. The monoisotopic (exact) mass is 390 g/mol. The molecule has 0 bridgehead atoms. The van der Waals surface area contributed by atoms with Crippen molar-refractivity contribution in [1.82, 2.24) is 4.98 Å². The fourth-order valence-electron chi connectivity index (χ4n) is 3.72. The zero-order chi connectivity index (χ0) is 16.5. The van der Waals surface area contributed by atoms with Crippen LogP contribution in [-0.2, 0) is 12.8 Å². The third-order valence-corrected chi connectivity index (χ3v) is 5.43. The molecule has 2 aromatic carbocycles. The van der Waals surface area contributed by atoms with Crippen molar-refractivity contribution < 1.29 is 12.4 Å². The molecule has 130 valence electrons. The minimum absolute atomic E-state index is 0. The van der Waals surface area contributed by atoms with Gasteiger partial charge in [-0.15, -0.1) is 0 Å². The lowest BCUT2D eigenvalue weighted by atomic mass is 9.88. The standard InChI is InChI=1S/C21H19Cl2N.ClH/c22-14-11-12-20-17(13-14)21(15-7-5-6-9-18(15)23)16-8-3-1-2-4-10-19(16)24-20;/h5-7,9,11-13H,1-4,8,10H2;1H/p-1. The molecule has 0 atom stereocenters. The van der Waals surface area contributed by atoms with Gasteiger partial charge < -0.3 is 12.4 Å². The largest absolute Gasteiger partial charge is 1.00 e. The highest BCUT2D eigenvalue weighted by molar-refractivity contribution is 6.34. The molecule has 1 aliphatic carbocycles. The molecule has 0 N–H and O–H groups in total. The molecule has 0 saturated carbocycles. The first-order chi connectivity index (χ1) is 11.7. The Balaban J connectivity index is 0.00000182. The van der Waals surface area contributed by atoms with Gasteiger partial charge >= 0.3 is 0 Å². The second kappa shape index (κ2) is 7.95. The normalized spacial score (nSPS) is 14.3. The van der Waals surface area contributed by atoms with E-state index in [-0.39, 0.29) is 12.4 Å². The molecular weight excluding hydrogens is 373 g/mol. The second-order valence-corrected chi connectivity index (χ2v) is 7.31. The molecule has 1 heterocycles. The number of aromatic nitrogens is 1. The van der Waals surface area contributed by atoms with Gasteiger partial charge in [0, 0.05) is 26.7 Å². The number of hydrogen-bond acceptors (Lipinski definition) is 1. The number of nitrogens with zero attached hydrogens (tertiary/aromatic N) is 1. The summed E-state index contributed by atoms with van der Waals surface area (Å²) in [7, 11) is 0. The summed E-state index contributed by atoms with van der Waals surface area (Å²) in [5.41, 5.74) is 5.92. The van der Waals surface area contributed by atoms with Crippen LogP contribution in [0.25, 0.3) is 22.0 Å². The van der Waals surface area contributed by atoms with E-state index in [0.717, 1.165) is 39.4 Å². The van der Waals surface area contributed by atoms with Gasteiger partial charge in [-0.05, 0) is 61.1 Å². The molecule has 0 fully saturated rings. The Morgan fingerprint density at radius 2 is 1.60 bits per heavy atom. The zero-order valence-electron chi connectivity index (χ0n) is 13.9. The fraction of sp³-hybridized carbons (Fsp3) is 0.286. The van der Waals surface area contributed by atoms with E-state index < -0.39 is 0 Å². The van der Waals surface area contributed by atoms with Crippen molar-refractivity contribution in [3.63, 3.8) is 0 Å². The van der Waals surface area contributed by atoms with Crippen molar-refractivity contribution in [3.05, 3.63) is 63.8 Å². The van der Waals surface area contributed by atoms with Crippen molar-refractivity contribution in [1.29, 1.82) is 0 Å². The first kappa shape index (κ1) is 18.5. The molecule has 0 spiro atoms. The predicted molar refractivity (Wildman–Crippen MR) is 103 cm³/mol. The topological polar surface area (TPSA) is 12.9 Å². The average Bonchev–Trinajstić information content (AvgIpc) is 2.56. The van der Waals surface area contributed by atoms with Gasteiger partial charge in [-0.1, -0.05) is 54.2 Å². The van der Waals surface area contributed by atoms with Crippen LogP contribution in [0.4, 0.5) is 0 Å². The smallest absolute Gasteiger partial charge is 0.0712 e. The van der Waals surface area contributed by atoms with Crippen LogP contribution >= 0.6 is 23.2 Å². The zero-order valence-corrected chi connectivity index (χ0v) is 16.1. The van der Waals surface area contributed by atoms with Gasteiger partial charge in [0.15, 0.2) is 0 Å². The molecule has 1 aromatic heterocycles. The van der Waals surface area contributed by atoms with Gasteiger partial charge in [-0.25, -0.2) is 0 Å². The molecule has 4 heteroatoms. The summed E-state index contributed by atoms with van der Waals surface area (Å²) in [6.45, 7) is 0. The number of pyridine rings is 1. The molecule has 1 aliphatic rings. The van der Waals surface area contributed by atoms with Crippen LogP contribution in [0.15, 0.2) is 42.5 Å². The first-order valence-electron chi connectivity index (χ1n) is 8.60. The highest BCUT2D eigenvalue weighted by Gasteiger charge is 2.19. The Bertz CT molecular complexity index is 905. The van der Waals surface area contributed by atoms with Crippen molar-refractivity contribution in [3.8, 4) is 11.1 Å². The summed E-state index contributed by atoms with van der Waals surface area (Å²) in [6, 6.07) is 14.1. The molecule has 25 heavy (non-hydrogen) atoms. The molecule has 0 aliphatic heterocycles. The summed E-state index contributed by atoms with van der Waals surface area (Å²) < 4.78 is 0. The number of aryl methyl sites for hydroxylation is 1. The van der Waals surface area contributed by atoms with E-state index in [4.69, 9.17) is 28.2 Å². The fourth-order valence-corrected chi connectivity index (χ4v) is 4.12. The van der Waals surface area contributed by atoms with Gasteiger partial charge in [-0.2, -0.15) is 0 Å². The number of fused-ring (bicyclic) bond motifs is 2. The van der Waals surface area contributed by atoms with Gasteiger partial charge in [0.05, 0.1) is 5.52 Å². The molecular formula is C21H19Cl3N-. The summed E-state index contributed by atoms with van der Waals surface area (Å²) in [4.78, 5) is 4.97. The summed E-state index contributed by atoms with van der Waals surface area (Å²) >= 11 is 12.9. The maximum absolute atomic E-state index is 6.56. The summed E-state index contributed by atoms with van der Waals surface area (Å²) in [6.07, 6.45) is 7.10. The van der Waals surface area contributed by atoms with Crippen molar-refractivity contribution in [2.45, 2.75) is 38.5 Å². The average molecular weight is 392 g/mol. The lowest BCUT2D eigenvalue weighted by Gasteiger charge is -2.20. The van der Waals surface area contributed by atoms with E-state index in [2.05, 4.69) is 6.07 Å². The molecule has 0 radical (unpaired) electrons. The lowest BCUT2D eigenvalue weighted by molar-refractivity contribution is -0.00000462. The Morgan fingerprint density at radius 1 is 0.840 bits per heavy atom. The highest BCUT2D eigenvalue weighted by Crippen LogP contribution is 2.39. The van der Waals surface area contributed by atoms with Crippen LogP contribution in [0.3, 0.4) is 0 Å². The minimum Gasteiger partial charge on any atom is -1.00 e. The minimum atomic E-state index is 0. The van der Waals surface area contributed by atoms with Gasteiger partial charge in [0.1, 0.15) is 0 Å². The molecule has 0 amide bonds. The molecule has 3 aromatic rings. The van der Waals surface area contributed by atoms with Crippen LogP contribution < -0.4 is 12.4 Å². The van der Waals surface area contributed by atoms with Crippen molar-refractivity contribution >= 4 is 34.1 Å². The Labute approximate surface area is 164 Å². The quantitative estimate of drug-likeness (QED) is 0.613. The first-order valence-corrected chi connectivity index (χ1v) is 9.35. The van der Waals surface area contributed by atoms with Gasteiger partial charge in [0.2, 0.25) is 0 Å². The van der Waals surface area contributed by atoms with Crippen LogP contribution in [0.5, 0.6) is 0 Å². The van der Waals surface area contributed by atoms with Crippen LogP contribution in [-0.4, -0.2) is 4.98 Å². The second-order valence-electron chi connectivity index (χ2n) is 6.47. The maximum Gasteiger partial charge on any atom is 0.0712 e. The van der Waals surface area contributed by atoms with Crippen LogP contribution in [0, 0.1) is 0 Å². The van der Waals surface area contributed by atoms with Crippen LogP contribution in [0.2, 0.25) is 10.0 Å². The third-order valence-electron chi connectivity index (χ3n) is 4.87. The van der Waals surface area contributed by atoms with E-state index in [9.17, 15) is 0 Å². The molecule has 1 nitrogen and oxygen atoms in total. The lowest BCUT2D eigenvalue weighted by Crippen LogP contribution is -3.00. The summed E-state index contributed by atoms with van der Waals surface area (Å²) in [5, 5.41) is 2.63. The van der Waals surface area contributed by atoms with Crippen molar-refractivity contribution in [2.75, 3.05) is 0 Å². The highest BCUT2D eigenvalue weighted by atomic mass is 35.5.